The number of nitrogens with one attached hydrogen (secondary N) is 1. The number of fused-ring (bicyclic) bond motifs is 1. The summed E-state index contributed by atoms with van der Waals surface area (Å²) in [5.41, 5.74) is 3.38. The van der Waals surface area contributed by atoms with Crippen molar-refractivity contribution < 1.29 is 9.53 Å². The van der Waals surface area contributed by atoms with E-state index in [4.69, 9.17) is 4.74 Å². The number of hydrogen-bond donors (Lipinski definition) is 1. The third kappa shape index (κ3) is 4.80. The summed E-state index contributed by atoms with van der Waals surface area (Å²) in [6, 6.07) is 18.2. The van der Waals surface area contributed by atoms with Crippen molar-refractivity contribution in [2.24, 2.45) is 0 Å². The largest absolute Gasteiger partial charge is 0.445 e. The van der Waals surface area contributed by atoms with Gasteiger partial charge in [-0.25, -0.2) is 4.79 Å². The third-order valence-electron chi connectivity index (χ3n) is 5.84. The van der Waals surface area contributed by atoms with Crippen molar-refractivity contribution in [1.29, 1.82) is 0 Å². The molecule has 29 heavy (non-hydrogen) atoms. The molecule has 5 nitrogen and oxygen atoms in total. The van der Waals surface area contributed by atoms with Crippen molar-refractivity contribution in [2.75, 3.05) is 26.7 Å². The molecule has 0 spiro atoms. The number of aromatic nitrogens is 1. The van der Waals surface area contributed by atoms with Crippen LogP contribution in [0.3, 0.4) is 0 Å². The molecule has 0 bridgehead atoms. The lowest BCUT2D eigenvalue weighted by Gasteiger charge is -2.31. The molecule has 1 amide bonds. The first-order valence-electron chi connectivity index (χ1n) is 10.4. The number of para-hydroxylation sites is 1. The van der Waals surface area contributed by atoms with Gasteiger partial charge in [-0.15, -0.1) is 0 Å². The molecular formula is C24H29N3O2. The van der Waals surface area contributed by atoms with Gasteiger partial charge in [-0.05, 0) is 49.5 Å². The molecule has 2 aromatic carbocycles. The molecule has 1 aliphatic heterocycles. The van der Waals surface area contributed by atoms with Crippen LogP contribution in [0.2, 0.25) is 0 Å². The summed E-state index contributed by atoms with van der Waals surface area (Å²) in [4.78, 5) is 20.4. The van der Waals surface area contributed by atoms with Gasteiger partial charge in [0.2, 0.25) is 0 Å². The Balaban J connectivity index is 1.47. The Morgan fingerprint density at radius 3 is 2.62 bits per heavy atom. The SMILES string of the molecule is CN(C(=O)OCc1ccccc1)[C@@H](Cc1c[nH]c2ccccc12)CN1CCCC1. The molecule has 1 fully saturated rings. The number of benzene rings is 2. The summed E-state index contributed by atoms with van der Waals surface area (Å²) in [7, 11) is 1.86. The van der Waals surface area contributed by atoms with Crippen LogP contribution in [0.15, 0.2) is 60.8 Å². The van der Waals surface area contributed by atoms with E-state index in [1.807, 2.05) is 43.4 Å². The fourth-order valence-electron chi connectivity index (χ4n) is 4.11. The highest BCUT2D eigenvalue weighted by Crippen LogP contribution is 2.22. The predicted molar refractivity (Wildman–Crippen MR) is 116 cm³/mol. The summed E-state index contributed by atoms with van der Waals surface area (Å²) in [5, 5.41) is 1.23. The third-order valence-corrected chi connectivity index (χ3v) is 5.84. The van der Waals surface area contributed by atoms with E-state index < -0.39 is 0 Å². The molecule has 0 unspecified atom stereocenters. The lowest BCUT2D eigenvalue weighted by atomic mass is 10.0. The molecule has 2 heterocycles. The number of likely N-dealkylation sites (N-methyl/N-ethyl adjacent to an activating group) is 1. The van der Waals surface area contributed by atoms with Crippen molar-refractivity contribution in [3.05, 3.63) is 71.9 Å². The van der Waals surface area contributed by atoms with E-state index in [2.05, 4.69) is 34.3 Å². The van der Waals surface area contributed by atoms with Crippen LogP contribution in [0.25, 0.3) is 10.9 Å². The molecule has 0 saturated carbocycles. The molecule has 1 aromatic heterocycles. The Morgan fingerprint density at radius 1 is 1.10 bits per heavy atom. The molecule has 4 rings (SSSR count). The average Bonchev–Trinajstić information content (AvgIpc) is 3.42. The smallest absolute Gasteiger partial charge is 0.410 e. The Bertz CT molecular complexity index is 931. The maximum atomic E-state index is 12.8. The van der Waals surface area contributed by atoms with Gasteiger partial charge < -0.3 is 19.5 Å². The van der Waals surface area contributed by atoms with Gasteiger partial charge in [-0.3, -0.25) is 0 Å². The number of nitrogens with zero attached hydrogens (tertiary/aromatic N) is 2. The summed E-state index contributed by atoms with van der Waals surface area (Å²) in [5.74, 6) is 0. The van der Waals surface area contributed by atoms with Crippen molar-refractivity contribution in [3.8, 4) is 0 Å². The Morgan fingerprint density at radius 2 is 1.83 bits per heavy atom. The van der Waals surface area contributed by atoms with Crippen molar-refractivity contribution >= 4 is 17.0 Å². The standard InChI is InChI=1S/C24H29N3O2/c1-26(24(28)29-18-19-9-3-2-4-10-19)21(17-27-13-7-8-14-27)15-20-16-25-23-12-6-5-11-22(20)23/h2-6,9-12,16,21,25H,7-8,13-15,17-18H2,1H3/t21-/m0/s1. The van der Waals surface area contributed by atoms with Crippen LogP contribution in [0, 0.1) is 0 Å². The minimum Gasteiger partial charge on any atom is -0.445 e. The second-order valence-electron chi connectivity index (χ2n) is 7.88. The van der Waals surface area contributed by atoms with E-state index in [9.17, 15) is 4.79 Å². The molecule has 3 aromatic rings. The van der Waals surface area contributed by atoms with Crippen LogP contribution in [0.1, 0.15) is 24.0 Å². The molecule has 0 radical (unpaired) electrons. The van der Waals surface area contributed by atoms with Crippen LogP contribution in [-0.2, 0) is 17.8 Å². The van der Waals surface area contributed by atoms with Crippen molar-refractivity contribution in [2.45, 2.75) is 31.9 Å². The number of amides is 1. The van der Waals surface area contributed by atoms with Crippen molar-refractivity contribution in [3.63, 3.8) is 0 Å². The minimum atomic E-state index is -0.266. The topological polar surface area (TPSA) is 48.6 Å². The summed E-state index contributed by atoms with van der Waals surface area (Å²) < 4.78 is 5.60. The predicted octanol–water partition coefficient (Wildman–Crippen LogP) is 4.44. The van der Waals surface area contributed by atoms with E-state index in [-0.39, 0.29) is 12.1 Å². The van der Waals surface area contributed by atoms with E-state index in [0.717, 1.165) is 37.1 Å². The van der Waals surface area contributed by atoms with Gasteiger partial charge in [0.05, 0.1) is 6.04 Å². The molecule has 1 N–H and O–H groups in total. The van der Waals surface area contributed by atoms with Gasteiger partial charge in [-0.1, -0.05) is 48.5 Å². The molecule has 0 aliphatic carbocycles. The lowest BCUT2D eigenvalue weighted by molar-refractivity contribution is 0.0835. The zero-order chi connectivity index (χ0) is 20.1. The number of carbonyl (C=O) groups excluding carboxylic acids is 1. The maximum Gasteiger partial charge on any atom is 0.410 e. The number of H-pyrrole nitrogens is 1. The molecule has 5 heteroatoms. The summed E-state index contributed by atoms with van der Waals surface area (Å²) >= 11 is 0. The van der Waals surface area contributed by atoms with E-state index >= 15 is 0 Å². The molecule has 152 valence electrons. The van der Waals surface area contributed by atoms with Gasteiger partial charge in [0.25, 0.3) is 0 Å². The number of aromatic amines is 1. The van der Waals surface area contributed by atoms with E-state index in [0.29, 0.717) is 6.61 Å². The number of likely N-dealkylation sites (tertiary alicyclic amines) is 1. The Hall–Kier alpha value is -2.79. The number of ether oxygens (including phenoxy) is 1. The summed E-state index contributed by atoms with van der Waals surface area (Å²) in [6.45, 7) is 3.39. The molecule has 1 atom stereocenters. The number of hydrogen-bond acceptors (Lipinski definition) is 3. The van der Waals surface area contributed by atoms with Crippen molar-refractivity contribution in [1.82, 2.24) is 14.8 Å². The van der Waals surface area contributed by atoms with Crippen LogP contribution < -0.4 is 0 Å². The van der Waals surface area contributed by atoms with E-state index in [1.54, 1.807) is 4.90 Å². The highest BCUT2D eigenvalue weighted by Gasteiger charge is 2.26. The van der Waals surface area contributed by atoms with Gasteiger partial charge in [0.1, 0.15) is 6.61 Å². The van der Waals surface area contributed by atoms with Crippen LogP contribution >= 0.6 is 0 Å². The Kier molecular flexibility index (Phi) is 6.15. The van der Waals surface area contributed by atoms with Crippen LogP contribution in [0.4, 0.5) is 4.79 Å². The molecule has 1 aliphatic rings. The zero-order valence-electron chi connectivity index (χ0n) is 17.0. The molecule has 1 saturated heterocycles. The summed E-state index contributed by atoms with van der Waals surface area (Å²) in [6.07, 6.45) is 5.09. The first-order chi connectivity index (χ1) is 14.2. The quantitative estimate of drug-likeness (QED) is 0.648. The normalized spacial score (nSPS) is 15.5. The van der Waals surface area contributed by atoms with E-state index in [1.165, 1.54) is 23.8 Å². The highest BCUT2D eigenvalue weighted by molar-refractivity contribution is 5.83. The van der Waals surface area contributed by atoms with Crippen LogP contribution in [-0.4, -0.2) is 53.6 Å². The maximum absolute atomic E-state index is 12.8. The van der Waals surface area contributed by atoms with Crippen LogP contribution in [0.5, 0.6) is 0 Å². The minimum absolute atomic E-state index is 0.0654. The highest BCUT2D eigenvalue weighted by atomic mass is 16.6. The Labute approximate surface area is 172 Å². The number of carbonyl (C=O) groups is 1. The fraction of sp³-hybridized carbons (Fsp3) is 0.375. The van der Waals surface area contributed by atoms with Gasteiger partial charge in [0.15, 0.2) is 0 Å². The lowest BCUT2D eigenvalue weighted by Crippen LogP contribution is -2.45. The van der Waals surface area contributed by atoms with Gasteiger partial charge >= 0.3 is 6.09 Å². The fourth-order valence-corrected chi connectivity index (χ4v) is 4.11. The first-order valence-corrected chi connectivity index (χ1v) is 10.4. The van der Waals surface area contributed by atoms with Gasteiger partial charge in [-0.2, -0.15) is 0 Å². The number of rotatable bonds is 7. The zero-order valence-corrected chi connectivity index (χ0v) is 17.0. The second-order valence-corrected chi connectivity index (χ2v) is 7.88. The van der Waals surface area contributed by atoms with Gasteiger partial charge in [0, 0.05) is 30.7 Å². The second kappa shape index (κ2) is 9.14. The monoisotopic (exact) mass is 391 g/mol. The molecular weight excluding hydrogens is 362 g/mol. The average molecular weight is 392 g/mol. The first kappa shape index (κ1) is 19.5.